The van der Waals surface area contributed by atoms with Crippen LogP contribution in [0.2, 0.25) is 0 Å². The van der Waals surface area contributed by atoms with Crippen molar-refractivity contribution >= 4 is 11.4 Å². The Hall–Kier alpha value is -1.65. The quantitative estimate of drug-likeness (QED) is 0.632. The van der Waals surface area contributed by atoms with Crippen molar-refractivity contribution in [1.29, 1.82) is 0 Å². The summed E-state index contributed by atoms with van der Waals surface area (Å²) >= 11 is 0. The Morgan fingerprint density at radius 3 is 2.88 bits per heavy atom. The first kappa shape index (κ1) is 10.9. The molecule has 0 radical (unpaired) electrons. The van der Waals surface area contributed by atoms with E-state index in [9.17, 15) is 14.5 Å². The van der Waals surface area contributed by atoms with Crippen LogP contribution in [0.1, 0.15) is 13.3 Å². The highest BCUT2D eigenvalue weighted by atomic mass is 19.1. The summed E-state index contributed by atoms with van der Waals surface area (Å²) in [6.07, 6.45) is 1.15. The average molecular weight is 224 g/mol. The van der Waals surface area contributed by atoms with Crippen molar-refractivity contribution in [2.75, 3.05) is 11.9 Å². The van der Waals surface area contributed by atoms with Crippen LogP contribution >= 0.6 is 0 Å². The zero-order valence-corrected chi connectivity index (χ0v) is 8.94. The molecule has 1 aliphatic carbocycles. The van der Waals surface area contributed by atoms with E-state index >= 15 is 0 Å². The average Bonchev–Trinajstić information content (AvgIpc) is 2.92. The summed E-state index contributed by atoms with van der Waals surface area (Å²) in [5.74, 6) is 0.689. The van der Waals surface area contributed by atoms with Gasteiger partial charge in [-0.3, -0.25) is 10.1 Å². The number of anilines is 1. The highest BCUT2D eigenvalue weighted by molar-refractivity contribution is 5.61. The van der Waals surface area contributed by atoms with Crippen molar-refractivity contribution in [3.05, 3.63) is 34.1 Å². The number of benzene rings is 1. The van der Waals surface area contributed by atoms with Gasteiger partial charge in [0.05, 0.1) is 11.0 Å². The fourth-order valence-electron chi connectivity index (χ4n) is 1.73. The van der Waals surface area contributed by atoms with Gasteiger partial charge in [-0.25, -0.2) is 4.39 Å². The Labute approximate surface area is 92.6 Å². The minimum absolute atomic E-state index is 0.201. The number of nitro benzene ring substituents is 1. The number of nitro groups is 1. The molecule has 1 aliphatic rings. The van der Waals surface area contributed by atoms with Crippen LogP contribution < -0.4 is 5.32 Å². The molecule has 0 amide bonds. The number of nitrogens with one attached hydrogen (secondary N) is 1. The third kappa shape index (κ3) is 2.29. The minimum atomic E-state index is -0.586. The molecular formula is C11H13FN2O2. The topological polar surface area (TPSA) is 55.2 Å². The molecule has 1 fully saturated rings. The summed E-state index contributed by atoms with van der Waals surface area (Å²) in [4.78, 5) is 10.1. The van der Waals surface area contributed by atoms with Gasteiger partial charge in [-0.2, -0.15) is 0 Å². The lowest BCUT2D eigenvalue weighted by molar-refractivity contribution is -0.384. The molecule has 1 aromatic carbocycles. The normalized spacial score (nSPS) is 22.9. The summed E-state index contributed by atoms with van der Waals surface area (Å²) in [6, 6.07) is 3.59. The van der Waals surface area contributed by atoms with Gasteiger partial charge in [0, 0.05) is 6.54 Å². The summed E-state index contributed by atoms with van der Waals surface area (Å²) in [5.41, 5.74) is 0.193. The molecule has 1 N–H and O–H groups in total. The molecule has 2 unspecified atom stereocenters. The fourth-order valence-corrected chi connectivity index (χ4v) is 1.73. The van der Waals surface area contributed by atoms with Crippen molar-refractivity contribution in [2.45, 2.75) is 13.3 Å². The molecule has 2 atom stereocenters. The van der Waals surface area contributed by atoms with E-state index in [0.29, 0.717) is 24.1 Å². The van der Waals surface area contributed by atoms with Crippen LogP contribution in [0.5, 0.6) is 0 Å². The molecule has 2 rings (SSSR count). The van der Waals surface area contributed by atoms with Gasteiger partial charge >= 0.3 is 0 Å². The summed E-state index contributed by atoms with van der Waals surface area (Å²) in [7, 11) is 0. The van der Waals surface area contributed by atoms with Crippen LogP contribution in [0, 0.1) is 27.8 Å². The molecule has 5 heteroatoms. The number of nitrogens with zero attached hydrogens (tertiary/aromatic N) is 1. The molecule has 0 bridgehead atoms. The monoisotopic (exact) mass is 224 g/mol. The Kier molecular flexibility index (Phi) is 2.77. The lowest BCUT2D eigenvalue weighted by Gasteiger charge is -2.06. The number of hydrogen-bond donors (Lipinski definition) is 1. The third-order valence-corrected chi connectivity index (χ3v) is 2.99. The van der Waals surface area contributed by atoms with Crippen LogP contribution in [0.25, 0.3) is 0 Å². The van der Waals surface area contributed by atoms with Crippen LogP contribution in [0.3, 0.4) is 0 Å². The van der Waals surface area contributed by atoms with E-state index in [1.807, 2.05) is 0 Å². The van der Waals surface area contributed by atoms with Crippen molar-refractivity contribution in [2.24, 2.45) is 11.8 Å². The molecule has 16 heavy (non-hydrogen) atoms. The number of rotatable bonds is 4. The van der Waals surface area contributed by atoms with Gasteiger partial charge in [0.25, 0.3) is 5.69 Å². The van der Waals surface area contributed by atoms with Crippen LogP contribution in [-0.2, 0) is 0 Å². The number of hydrogen-bond acceptors (Lipinski definition) is 3. The molecule has 1 aromatic rings. The number of halogens is 1. The summed E-state index contributed by atoms with van der Waals surface area (Å²) < 4.78 is 12.8. The largest absolute Gasteiger partial charge is 0.379 e. The van der Waals surface area contributed by atoms with E-state index in [4.69, 9.17) is 0 Å². The second-order valence-electron chi connectivity index (χ2n) is 4.27. The molecule has 0 saturated heterocycles. The van der Waals surface area contributed by atoms with Crippen molar-refractivity contribution < 1.29 is 9.31 Å². The molecule has 0 heterocycles. The highest BCUT2D eigenvalue weighted by Gasteiger charge is 2.32. The Morgan fingerprint density at radius 2 is 2.31 bits per heavy atom. The Morgan fingerprint density at radius 1 is 1.62 bits per heavy atom. The van der Waals surface area contributed by atoms with E-state index in [0.717, 1.165) is 12.5 Å². The zero-order valence-electron chi connectivity index (χ0n) is 8.94. The van der Waals surface area contributed by atoms with Crippen molar-refractivity contribution in [1.82, 2.24) is 0 Å². The molecule has 0 aromatic heterocycles. The molecule has 0 aliphatic heterocycles. The molecule has 1 saturated carbocycles. The smallest absolute Gasteiger partial charge is 0.295 e. The minimum Gasteiger partial charge on any atom is -0.379 e. The zero-order chi connectivity index (χ0) is 11.7. The van der Waals surface area contributed by atoms with E-state index in [-0.39, 0.29) is 5.69 Å². The van der Waals surface area contributed by atoms with Gasteiger partial charge in [-0.1, -0.05) is 6.92 Å². The van der Waals surface area contributed by atoms with Gasteiger partial charge in [0.1, 0.15) is 11.5 Å². The van der Waals surface area contributed by atoms with Crippen molar-refractivity contribution in [3.63, 3.8) is 0 Å². The van der Waals surface area contributed by atoms with E-state index in [1.54, 1.807) is 0 Å². The first-order valence-electron chi connectivity index (χ1n) is 5.25. The Balaban J connectivity index is 2.09. The predicted octanol–water partition coefficient (Wildman–Crippen LogP) is 2.80. The van der Waals surface area contributed by atoms with Gasteiger partial charge in [0.2, 0.25) is 0 Å². The van der Waals surface area contributed by atoms with E-state index < -0.39 is 10.7 Å². The second kappa shape index (κ2) is 4.08. The highest BCUT2D eigenvalue weighted by Crippen LogP contribution is 2.38. The van der Waals surface area contributed by atoms with Gasteiger partial charge in [0.15, 0.2) is 0 Å². The van der Waals surface area contributed by atoms with Gasteiger partial charge < -0.3 is 5.32 Å². The van der Waals surface area contributed by atoms with Crippen LogP contribution in [0.4, 0.5) is 15.8 Å². The second-order valence-corrected chi connectivity index (χ2v) is 4.27. The Bertz CT molecular complexity index is 422. The first-order chi connectivity index (χ1) is 7.58. The lowest BCUT2D eigenvalue weighted by Crippen LogP contribution is -2.06. The maximum atomic E-state index is 12.8. The van der Waals surface area contributed by atoms with Crippen molar-refractivity contribution in [3.8, 4) is 0 Å². The molecule has 86 valence electrons. The van der Waals surface area contributed by atoms with E-state index in [1.165, 1.54) is 12.1 Å². The van der Waals surface area contributed by atoms with Gasteiger partial charge in [-0.05, 0) is 30.4 Å². The maximum Gasteiger partial charge on any atom is 0.295 e. The molecule has 0 spiro atoms. The lowest BCUT2D eigenvalue weighted by atomic mass is 10.2. The standard InChI is InChI=1S/C11H13FN2O2/c1-7-4-8(7)6-13-10-3-2-9(12)5-11(10)14(15)16/h2-3,5,7-8,13H,4,6H2,1H3. The van der Waals surface area contributed by atoms with Crippen LogP contribution in [-0.4, -0.2) is 11.5 Å². The molecular weight excluding hydrogens is 211 g/mol. The third-order valence-electron chi connectivity index (χ3n) is 2.99. The summed E-state index contributed by atoms with van der Waals surface area (Å²) in [6.45, 7) is 2.86. The van der Waals surface area contributed by atoms with Crippen LogP contribution in [0.15, 0.2) is 18.2 Å². The summed E-state index contributed by atoms with van der Waals surface area (Å²) in [5, 5.41) is 13.7. The maximum absolute atomic E-state index is 12.8. The molecule has 4 nitrogen and oxygen atoms in total. The fraction of sp³-hybridized carbons (Fsp3) is 0.455. The van der Waals surface area contributed by atoms with E-state index in [2.05, 4.69) is 12.2 Å². The first-order valence-corrected chi connectivity index (χ1v) is 5.25. The van der Waals surface area contributed by atoms with Gasteiger partial charge in [-0.15, -0.1) is 0 Å². The SMILES string of the molecule is CC1CC1CNc1ccc(F)cc1[N+](=O)[O-]. The predicted molar refractivity (Wildman–Crippen MR) is 58.8 cm³/mol.